The maximum Gasteiger partial charge on any atom is 0.123 e. The van der Waals surface area contributed by atoms with Crippen molar-refractivity contribution in [2.75, 3.05) is 0 Å². The largest absolute Gasteiger partial charge is 0.508 e. The lowest BCUT2D eigenvalue weighted by atomic mass is 9.68. The molecule has 0 amide bonds. The van der Waals surface area contributed by atoms with Crippen molar-refractivity contribution in [1.29, 1.82) is 0 Å². The van der Waals surface area contributed by atoms with Crippen molar-refractivity contribution >= 4 is 0 Å². The zero-order valence-corrected chi connectivity index (χ0v) is 26.6. The molecule has 2 heteroatoms. The molecule has 0 aliphatic carbocycles. The number of hydrogen-bond acceptors (Lipinski definition) is 2. The molecular weight excluding hydrogens is 500 g/mol. The van der Waals surface area contributed by atoms with Gasteiger partial charge in [-0.25, -0.2) is 0 Å². The summed E-state index contributed by atoms with van der Waals surface area (Å²) in [4.78, 5) is 0. The lowest BCUT2D eigenvalue weighted by molar-refractivity contribution is 0.343. The molecule has 0 fully saturated rings. The fraction of sp³-hybridized carbons (Fsp3) is 0.385. The maximum atomic E-state index is 11.9. The predicted molar refractivity (Wildman–Crippen MR) is 173 cm³/mol. The van der Waals surface area contributed by atoms with Crippen molar-refractivity contribution in [3.8, 4) is 11.5 Å². The molecule has 0 bridgehead atoms. The second kappa shape index (κ2) is 10.7. The first-order valence-electron chi connectivity index (χ1n) is 14.8. The van der Waals surface area contributed by atoms with E-state index in [0.29, 0.717) is 5.75 Å². The second-order valence-electron chi connectivity index (χ2n) is 14.8. The van der Waals surface area contributed by atoms with Crippen LogP contribution in [0.5, 0.6) is 11.5 Å². The minimum atomic E-state index is -0.317. The average Bonchev–Trinajstić information content (AvgIpc) is 2.89. The molecule has 41 heavy (non-hydrogen) atoms. The molecule has 0 aliphatic rings. The monoisotopic (exact) mass is 548 g/mol. The summed E-state index contributed by atoms with van der Waals surface area (Å²) in [6.07, 6.45) is 0. The van der Waals surface area contributed by atoms with Gasteiger partial charge in [0.05, 0.1) is 0 Å². The Bertz CT molecular complexity index is 1490. The van der Waals surface area contributed by atoms with Gasteiger partial charge in [0, 0.05) is 22.3 Å². The van der Waals surface area contributed by atoms with Gasteiger partial charge >= 0.3 is 0 Å². The maximum absolute atomic E-state index is 11.9. The van der Waals surface area contributed by atoms with E-state index < -0.39 is 0 Å². The van der Waals surface area contributed by atoms with Gasteiger partial charge in [0.1, 0.15) is 11.5 Å². The Hall–Kier alpha value is -3.52. The third kappa shape index (κ3) is 6.08. The molecule has 216 valence electrons. The number of aromatic hydroxyl groups is 2. The number of rotatable bonds is 6. The average molecular weight is 549 g/mol. The third-order valence-electron chi connectivity index (χ3n) is 8.87. The Kier molecular flexibility index (Phi) is 7.95. The predicted octanol–water partition coefficient (Wildman–Crippen LogP) is 10.2. The molecule has 0 aliphatic heterocycles. The molecule has 1 atom stereocenters. The van der Waals surface area contributed by atoms with E-state index in [9.17, 15) is 10.2 Å². The van der Waals surface area contributed by atoms with Crippen molar-refractivity contribution in [3.05, 3.63) is 130 Å². The van der Waals surface area contributed by atoms with Crippen LogP contribution in [-0.4, -0.2) is 10.2 Å². The molecular formula is C39H48O2. The molecule has 0 spiro atoms. The van der Waals surface area contributed by atoms with Gasteiger partial charge in [-0.1, -0.05) is 148 Å². The number of phenolic OH excluding ortho intramolecular Hbond substituents is 2. The smallest absolute Gasteiger partial charge is 0.123 e. The highest BCUT2D eigenvalue weighted by Gasteiger charge is 2.35. The van der Waals surface area contributed by atoms with Crippen LogP contribution in [0.4, 0.5) is 0 Å². The SMILES string of the molecule is CC(C)(C)c1cc(C(C)(C)c2cccc(C(C)(C)c3ccc(O)cc3)c2)cc(C(c2ccccc2)C(C)(C)C)c1O. The van der Waals surface area contributed by atoms with Crippen LogP contribution in [-0.2, 0) is 16.2 Å². The molecule has 0 aromatic heterocycles. The van der Waals surface area contributed by atoms with Gasteiger partial charge in [-0.15, -0.1) is 0 Å². The Morgan fingerprint density at radius 1 is 0.512 bits per heavy atom. The van der Waals surface area contributed by atoms with Gasteiger partial charge in [0.15, 0.2) is 0 Å². The normalized spacial score (nSPS) is 13.7. The van der Waals surface area contributed by atoms with Gasteiger partial charge in [-0.05, 0) is 56.3 Å². The molecule has 2 N–H and O–H groups in total. The van der Waals surface area contributed by atoms with Crippen LogP contribution in [0, 0.1) is 5.41 Å². The molecule has 0 heterocycles. The topological polar surface area (TPSA) is 40.5 Å². The number of hydrogen-bond donors (Lipinski definition) is 2. The van der Waals surface area contributed by atoms with E-state index in [0.717, 1.165) is 16.7 Å². The highest BCUT2D eigenvalue weighted by molar-refractivity contribution is 5.55. The van der Waals surface area contributed by atoms with Crippen molar-refractivity contribution in [2.45, 2.75) is 91.4 Å². The van der Waals surface area contributed by atoms with E-state index >= 15 is 0 Å². The van der Waals surface area contributed by atoms with E-state index in [1.165, 1.54) is 22.3 Å². The van der Waals surface area contributed by atoms with Crippen molar-refractivity contribution < 1.29 is 10.2 Å². The van der Waals surface area contributed by atoms with Crippen LogP contribution >= 0.6 is 0 Å². The Morgan fingerprint density at radius 3 is 1.56 bits per heavy atom. The van der Waals surface area contributed by atoms with Crippen molar-refractivity contribution in [2.24, 2.45) is 5.41 Å². The highest BCUT2D eigenvalue weighted by atomic mass is 16.3. The van der Waals surface area contributed by atoms with Crippen LogP contribution in [0.3, 0.4) is 0 Å². The summed E-state index contributed by atoms with van der Waals surface area (Å²) < 4.78 is 0. The Balaban J connectivity index is 1.91. The molecule has 0 saturated carbocycles. The summed E-state index contributed by atoms with van der Waals surface area (Å²) in [5.41, 5.74) is 7.09. The summed E-state index contributed by atoms with van der Waals surface area (Å²) in [5, 5.41) is 21.7. The lowest BCUT2D eigenvalue weighted by Gasteiger charge is -2.36. The highest BCUT2D eigenvalue weighted by Crippen LogP contribution is 2.49. The van der Waals surface area contributed by atoms with Crippen LogP contribution in [0.25, 0.3) is 0 Å². The summed E-state index contributed by atoms with van der Waals surface area (Å²) in [6.45, 7) is 22.3. The molecule has 4 rings (SSSR count). The van der Waals surface area contributed by atoms with Gasteiger partial charge < -0.3 is 10.2 Å². The van der Waals surface area contributed by atoms with E-state index in [2.05, 4.69) is 136 Å². The molecule has 0 saturated heterocycles. The van der Waals surface area contributed by atoms with Crippen molar-refractivity contribution in [3.63, 3.8) is 0 Å². The zero-order valence-electron chi connectivity index (χ0n) is 26.6. The van der Waals surface area contributed by atoms with E-state index in [4.69, 9.17) is 0 Å². The van der Waals surface area contributed by atoms with Crippen LogP contribution < -0.4 is 0 Å². The van der Waals surface area contributed by atoms with Gasteiger partial charge in [-0.3, -0.25) is 0 Å². The second-order valence-corrected chi connectivity index (χ2v) is 14.8. The quantitative estimate of drug-likeness (QED) is 0.252. The van der Waals surface area contributed by atoms with Gasteiger partial charge in [-0.2, -0.15) is 0 Å². The summed E-state index contributed by atoms with van der Waals surface area (Å²) in [7, 11) is 0. The minimum absolute atomic E-state index is 0.0281. The van der Waals surface area contributed by atoms with Crippen LogP contribution in [0.2, 0.25) is 0 Å². The fourth-order valence-electron chi connectivity index (χ4n) is 6.11. The minimum Gasteiger partial charge on any atom is -0.508 e. The number of benzene rings is 4. The molecule has 1 unspecified atom stereocenters. The molecule has 4 aromatic carbocycles. The molecule has 0 radical (unpaired) electrons. The fourth-order valence-corrected chi connectivity index (χ4v) is 6.11. The standard InChI is InChI=1S/C39H48O2/c1-36(2,3)33-25-30(24-32(35(33)41)34(37(4,5)6)26-15-12-11-13-16-26)39(9,10)29-18-14-17-28(23-29)38(7,8)27-19-21-31(40)22-20-27/h11-25,34,40-41H,1-10H3. The van der Waals surface area contributed by atoms with Crippen LogP contribution in [0.15, 0.2) is 91.0 Å². The van der Waals surface area contributed by atoms with Gasteiger partial charge in [0.2, 0.25) is 0 Å². The van der Waals surface area contributed by atoms with E-state index in [1.54, 1.807) is 12.1 Å². The first kappa shape index (κ1) is 30.4. The van der Waals surface area contributed by atoms with Gasteiger partial charge in [0.25, 0.3) is 0 Å². The summed E-state index contributed by atoms with van der Waals surface area (Å²) in [5.74, 6) is 0.713. The first-order chi connectivity index (χ1) is 18.9. The number of phenols is 2. The Labute approximate surface area is 248 Å². The van der Waals surface area contributed by atoms with Crippen LogP contribution in [0.1, 0.15) is 114 Å². The lowest BCUT2D eigenvalue weighted by Crippen LogP contribution is -2.26. The summed E-state index contributed by atoms with van der Waals surface area (Å²) >= 11 is 0. The van der Waals surface area contributed by atoms with Crippen molar-refractivity contribution in [1.82, 2.24) is 0 Å². The summed E-state index contributed by atoms with van der Waals surface area (Å²) in [6, 6.07) is 31.5. The third-order valence-corrected chi connectivity index (χ3v) is 8.87. The zero-order chi connectivity index (χ0) is 30.4. The first-order valence-corrected chi connectivity index (χ1v) is 14.8. The Morgan fingerprint density at radius 2 is 1.05 bits per heavy atom. The van der Waals surface area contributed by atoms with E-state index in [-0.39, 0.29) is 33.3 Å². The van der Waals surface area contributed by atoms with E-state index in [1.807, 2.05) is 12.1 Å². The molecule has 4 aromatic rings. The molecule has 2 nitrogen and oxygen atoms in total.